The molecule has 0 unspecified atom stereocenters. The topological polar surface area (TPSA) is 29.0 Å². The van der Waals surface area contributed by atoms with Gasteiger partial charge in [0.2, 0.25) is 0 Å². The third-order valence-electron chi connectivity index (χ3n) is 2.01. The number of nitrogens with zero attached hydrogens (tertiary/aromatic N) is 3. The van der Waals surface area contributed by atoms with Crippen LogP contribution in [0.5, 0.6) is 0 Å². The van der Waals surface area contributed by atoms with Crippen molar-refractivity contribution in [2.75, 3.05) is 18.0 Å². The van der Waals surface area contributed by atoms with E-state index >= 15 is 0 Å². The molecule has 0 spiro atoms. The molecule has 1 aromatic rings. The molecule has 0 aliphatic rings. The molecule has 0 atom stereocenters. The Bertz CT molecular complexity index is 328. The van der Waals surface area contributed by atoms with Crippen LogP contribution in [0.15, 0.2) is 6.07 Å². The Hall–Kier alpha value is -0.540. The monoisotopic (exact) mass is 247 g/mol. The average molecular weight is 248 g/mol. The van der Waals surface area contributed by atoms with Gasteiger partial charge < -0.3 is 4.90 Å². The summed E-state index contributed by atoms with van der Waals surface area (Å²) in [7, 11) is 0. The zero-order chi connectivity index (χ0) is 11.4. The van der Waals surface area contributed by atoms with Gasteiger partial charge in [-0.1, -0.05) is 37.0 Å². The molecule has 0 amide bonds. The van der Waals surface area contributed by atoms with Crippen LogP contribution < -0.4 is 4.90 Å². The molecule has 0 aliphatic heterocycles. The highest BCUT2D eigenvalue weighted by Crippen LogP contribution is 2.25. The molecule has 0 aromatic carbocycles. The quantitative estimate of drug-likeness (QED) is 0.818. The van der Waals surface area contributed by atoms with Crippen LogP contribution in [0.4, 0.5) is 5.69 Å². The van der Waals surface area contributed by atoms with Crippen LogP contribution in [0.2, 0.25) is 10.3 Å². The Balaban J connectivity index is 2.95. The summed E-state index contributed by atoms with van der Waals surface area (Å²) in [6, 6.07) is 1.75. The van der Waals surface area contributed by atoms with Crippen molar-refractivity contribution in [1.82, 2.24) is 10.2 Å². The van der Waals surface area contributed by atoms with Gasteiger partial charge in [-0.25, -0.2) is 0 Å². The van der Waals surface area contributed by atoms with E-state index in [0.29, 0.717) is 16.2 Å². The minimum Gasteiger partial charge on any atom is -0.369 e. The zero-order valence-electron chi connectivity index (χ0n) is 9.17. The molecule has 1 heterocycles. The fourth-order valence-electron chi connectivity index (χ4n) is 1.40. The molecule has 1 rings (SSSR count). The van der Waals surface area contributed by atoms with E-state index in [1.807, 2.05) is 0 Å². The highest BCUT2D eigenvalue weighted by Gasteiger charge is 2.12. The predicted molar refractivity (Wildman–Crippen MR) is 64.8 cm³/mol. The molecule has 0 fully saturated rings. The number of hydrogen-bond acceptors (Lipinski definition) is 3. The van der Waals surface area contributed by atoms with E-state index in [9.17, 15) is 0 Å². The predicted octanol–water partition coefficient (Wildman–Crippen LogP) is 3.27. The van der Waals surface area contributed by atoms with Crippen molar-refractivity contribution in [2.24, 2.45) is 5.92 Å². The molecule has 0 bridgehead atoms. The summed E-state index contributed by atoms with van der Waals surface area (Å²) < 4.78 is 0. The van der Waals surface area contributed by atoms with Crippen molar-refractivity contribution in [2.45, 2.75) is 20.8 Å². The van der Waals surface area contributed by atoms with Crippen molar-refractivity contribution in [1.29, 1.82) is 0 Å². The zero-order valence-corrected chi connectivity index (χ0v) is 10.7. The van der Waals surface area contributed by atoms with Gasteiger partial charge in [-0.2, -0.15) is 0 Å². The number of hydrogen-bond donors (Lipinski definition) is 0. The summed E-state index contributed by atoms with van der Waals surface area (Å²) in [4.78, 5) is 2.15. The average Bonchev–Trinajstić information content (AvgIpc) is 2.18. The highest BCUT2D eigenvalue weighted by atomic mass is 35.5. The first kappa shape index (κ1) is 12.5. The maximum Gasteiger partial charge on any atom is 0.175 e. The lowest BCUT2D eigenvalue weighted by Gasteiger charge is -2.25. The molecule has 1 aromatic heterocycles. The summed E-state index contributed by atoms with van der Waals surface area (Å²) in [6.07, 6.45) is 0. The van der Waals surface area contributed by atoms with Gasteiger partial charge >= 0.3 is 0 Å². The largest absolute Gasteiger partial charge is 0.369 e. The molecule has 5 heteroatoms. The summed E-state index contributed by atoms with van der Waals surface area (Å²) >= 11 is 11.8. The van der Waals surface area contributed by atoms with E-state index in [0.717, 1.165) is 18.8 Å². The first-order valence-corrected chi connectivity index (χ1v) is 5.73. The van der Waals surface area contributed by atoms with Crippen molar-refractivity contribution in [3.63, 3.8) is 0 Å². The Morgan fingerprint density at radius 2 is 2.00 bits per heavy atom. The van der Waals surface area contributed by atoms with E-state index in [4.69, 9.17) is 23.2 Å². The molecule has 0 radical (unpaired) electrons. The molecular weight excluding hydrogens is 233 g/mol. The third kappa shape index (κ3) is 3.50. The Morgan fingerprint density at radius 1 is 1.33 bits per heavy atom. The minimum atomic E-state index is 0.372. The summed E-state index contributed by atoms with van der Waals surface area (Å²) in [5.74, 6) is 0.563. The minimum absolute atomic E-state index is 0.372. The van der Waals surface area contributed by atoms with E-state index in [1.165, 1.54) is 0 Å². The first-order valence-electron chi connectivity index (χ1n) is 4.98. The van der Waals surface area contributed by atoms with Gasteiger partial charge in [-0.15, -0.1) is 10.2 Å². The standard InChI is InChI=1S/C10H15Cl2N3/c1-4-15(6-7(2)3)8-5-9(11)13-14-10(8)12/h5,7H,4,6H2,1-3H3. The lowest BCUT2D eigenvalue weighted by molar-refractivity contribution is 0.618. The normalized spacial score (nSPS) is 10.8. The lowest BCUT2D eigenvalue weighted by atomic mass is 10.2. The van der Waals surface area contributed by atoms with Gasteiger partial charge in [0.15, 0.2) is 10.3 Å². The molecule has 0 N–H and O–H groups in total. The second kappa shape index (κ2) is 5.52. The Kier molecular flexibility index (Phi) is 4.61. The second-order valence-corrected chi connectivity index (χ2v) is 4.52. The van der Waals surface area contributed by atoms with Gasteiger partial charge in [0.1, 0.15) is 0 Å². The SMILES string of the molecule is CCN(CC(C)C)c1cc(Cl)nnc1Cl. The van der Waals surface area contributed by atoms with Crippen LogP contribution in [-0.2, 0) is 0 Å². The lowest BCUT2D eigenvalue weighted by Crippen LogP contribution is -2.27. The van der Waals surface area contributed by atoms with Crippen LogP contribution in [0, 0.1) is 5.92 Å². The summed E-state index contributed by atoms with van der Waals surface area (Å²) in [5, 5.41) is 8.27. The summed E-state index contributed by atoms with van der Waals surface area (Å²) in [6.45, 7) is 8.20. The van der Waals surface area contributed by atoms with E-state index < -0.39 is 0 Å². The van der Waals surface area contributed by atoms with Gasteiger partial charge in [-0.3, -0.25) is 0 Å². The second-order valence-electron chi connectivity index (χ2n) is 3.78. The van der Waals surface area contributed by atoms with Crippen molar-refractivity contribution < 1.29 is 0 Å². The third-order valence-corrected chi connectivity index (χ3v) is 2.46. The molecule has 0 aliphatic carbocycles. The summed E-state index contributed by atoms with van der Waals surface area (Å²) in [5.41, 5.74) is 0.855. The van der Waals surface area contributed by atoms with Crippen molar-refractivity contribution in [3.05, 3.63) is 16.4 Å². The molecule has 0 saturated carbocycles. The first-order chi connectivity index (χ1) is 7.04. The van der Waals surface area contributed by atoms with Crippen LogP contribution >= 0.6 is 23.2 Å². The molecule has 0 saturated heterocycles. The number of halogens is 2. The van der Waals surface area contributed by atoms with Crippen molar-refractivity contribution in [3.8, 4) is 0 Å². The molecule has 3 nitrogen and oxygen atoms in total. The number of aromatic nitrogens is 2. The van der Waals surface area contributed by atoms with E-state index in [-0.39, 0.29) is 0 Å². The Labute approximate surface area is 100 Å². The Morgan fingerprint density at radius 3 is 2.53 bits per heavy atom. The van der Waals surface area contributed by atoms with Crippen LogP contribution in [0.25, 0.3) is 0 Å². The highest BCUT2D eigenvalue weighted by molar-refractivity contribution is 6.33. The van der Waals surface area contributed by atoms with Crippen molar-refractivity contribution >= 4 is 28.9 Å². The molecular formula is C10H15Cl2N3. The number of rotatable bonds is 4. The van der Waals surface area contributed by atoms with Crippen LogP contribution in [0.1, 0.15) is 20.8 Å². The fourth-order valence-corrected chi connectivity index (χ4v) is 1.76. The molecule has 15 heavy (non-hydrogen) atoms. The van der Waals surface area contributed by atoms with E-state index in [1.54, 1.807) is 6.07 Å². The van der Waals surface area contributed by atoms with E-state index in [2.05, 4.69) is 35.9 Å². The number of anilines is 1. The van der Waals surface area contributed by atoms with Gasteiger partial charge in [0.05, 0.1) is 5.69 Å². The van der Waals surface area contributed by atoms with Gasteiger partial charge in [0.25, 0.3) is 0 Å². The molecule has 84 valence electrons. The fraction of sp³-hybridized carbons (Fsp3) is 0.600. The maximum atomic E-state index is 5.98. The maximum absolute atomic E-state index is 5.98. The van der Waals surface area contributed by atoms with Gasteiger partial charge in [-0.05, 0) is 12.8 Å². The van der Waals surface area contributed by atoms with Crippen LogP contribution in [0.3, 0.4) is 0 Å². The smallest absolute Gasteiger partial charge is 0.175 e. The van der Waals surface area contributed by atoms with Crippen LogP contribution in [-0.4, -0.2) is 23.3 Å². The van der Waals surface area contributed by atoms with Gasteiger partial charge in [0, 0.05) is 19.2 Å².